The van der Waals surface area contributed by atoms with E-state index in [1.54, 1.807) is 0 Å². The minimum Gasteiger partial charge on any atom is -0.491 e. The quantitative estimate of drug-likeness (QED) is 0.867. The average Bonchev–Trinajstić information content (AvgIpc) is 2.79. The number of hydrogen-bond acceptors (Lipinski definition) is 3. The molecule has 1 heterocycles. The Morgan fingerprint density at radius 2 is 1.90 bits per heavy atom. The highest BCUT2D eigenvalue weighted by atomic mass is 16.5. The third-order valence-electron chi connectivity index (χ3n) is 4.51. The summed E-state index contributed by atoms with van der Waals surface area (Å²) in [5.41, 5.74) is 7.62. The summed E-state index contributed by atoms with van der Waals surface area (Å²) in [6, 6.07) is 9.69. The summed E-state index contributed by atoms with van der Waals surface area (Å²) in [5.74, 6) is 0.918. The third-order valence-corrected chi connectivity index (χ3v) is 4.51. The topological polar surface area (TPSA) is 38.5 Å². The lowest BCUT2D eigenvalue weighted by atomic mass is 10.1. The highest BCUT2D eigenvalue weighted by molar-refractivity contribution is 5.29. The van der Waals surface area contributed by atoms with Crippen LogP contribution in [0.4, 0.5) is 0 Å². The Labute approximate surface area is 129 Å². The second-order valence-corrected chi connectivity index (χ2v) is 6.53. The van der Waals surface area contributed by atoms with E-state index in [0.717, 1.165) is 12.3 Å². The molecule has 0 saturated carbocycles. The lowest BCUT2D eigenvalue weighted by Gasteiger charge is -2.30. The van der Waals surface area contributed by atoms with Crippen LogP contribution in [0.1, 0.15) is 58.6 Å². The van der Waals surface area contributed by atoms with E-state index in [1.807, 2.05) is 26.0 Å². The molecule has 1 aromatic carbocycles. The molecule has 118 valence electrons. The number of hydrogen-bond donors (Lipinski definition) is 1. The SMILES string of the molecule is CCC1CCC(C)N1CC(N)c1ccc(OC(C)C)cc1. The molecule has 1 saturated heterocycles. The summed E-state index contributed by atoms with van der Waals surface area (Å²) in [6.07, 6.45) is 4.04. The van der Waals surface area contributed by atoms with Gasteiger partial charge in [-0.3, -0.25) is 4.90 Å². The van der Waals surface area contributed by atoms with Gasteiger partial charge in [0.25, 0.3) is 0 Å². The maximum absolute atomic E-state index is 6.42. The van der Waals surface area contributed by atoms with Gasteiger partial charge in [-0.1, -0.05) is 19.1 Å². The molecule has 0 amide bonds. The smallest absolute Gasteiger partial charge is 0.119 e. The molecule has 0 spiro atoms. The molecule has 1 fully saturated rings. The van der Waals surface area contributed by atoms with Crippen molar-refractivity contribution in [3.8, 4) is 5.75 Å². The van der Waals surface area contributed by atoms with Crippen molar-refractivity contribution in [1.29, 1.82) is 0 Å². The lowest BCUT2D eigenvalue weighted by molar-refractivity contribution is 0.186. The average molecular weight is 290 g/mol. The first-order valence-electron chi connectivity index (χ1n) is 8.29. The first-order valence-corrected chi connectivity index (χ1v) is 8.29. The molecule has 0 radical (unpaired) electrons. The molecule has 0 aromatic heterocycles. The van der Waals surface area contributed by atoms with E-state index < -0.39 is 0 Å². The fourth-order valence-corrected chi connectivity index (χ4v) is 3.29. The Kier molecular flexibility index (Phi) is 5.65. The van der Waals surface area contributed by atoms with Crippen molar-refractivity contribution >= 4 is 0 Å². The Hall–Kier alpha value is -1.06. The van der Waals surface area contributed by atoms with Crippen LogP contribution in [0.25, 0.3) is 0 Å². The predicted molar refractivity (Wildman–Crippen MR) is 88.6 cm³/mol. The van der Waals surface area contributed by atoms with Gasteiger partial charge in [-0.25, -0.2) is 0 Å². The molecule has 3 nitrogen and oxygen atoms in total. The second-order valence-electron chi connectivity index (χ2n) is 6.53. The van der Waals surface area contributed by atoms with Gasteiger partial charge in [-0.15, -0.1) is 0 Å². The summed E-state index contributed by atoms with van der Waals surface area (Å²) in [4.78, 5) is 2.59. The number of nitrogens with two attached hydrogens (primary N) is 1. The van der Waals surface area contributed by atoms with Crippen LogP contribution in [0.3, 0.4) is 0 Å². The largest absolute Gasteiger partial charge is 0.491 e. The van der Waals surface area contributed by atoms with E-state index >= 15 is 0 Å². The van der Waals surface area contributed by atoms with Gasteiger partial charge in [-0.05, 0) is 57.7 Å². The molecule has 3 unspecified atom stereocenters. The number of likely N-dealkylation sites (tertiary alicyclic amines) is 1. The zero-order valence-corrected chi connectivity index (χ0v) is 13.9. The molecular weight excluding hydrogens is 260 g/mol. The molecule has 3 heteroatoms. The Balaban J connectivity index is 1.98. The van der Waals surface area contributed by atoms with Crippen molar-refractivity contribution in [3.05, 3.63) is 29.8 Å². The number of nitrogens with zero attached hydrogens (tertiary/aromatic N) is 1. The molecule has 0 aliphatic carbocycles. The van der Waals surface area contributed by atoms with Crippen molar-refractivity contribution < 1.29 is 4.74 Å². The predicted octanol–water partition coefficient (Wildman–Crippen LogP) is 3.74. The van der Waals surface area contributed by atoms with Crippen LogP contribution in [0.2, 0.25) is 0 Å². The van der Waals surface area contributed by atoms with Crippen LogP contribution in [-0.2, 0) is 0 Å². The molecular formula is C18H30N2O. The van der Waals surface area contributed by atoms with Crippen molar-refractivity contribution in [1.82, 2.24) is 4.90 Å². The van der Waals surface area contributed by atoms with Crippen LogP contribution in [0.15, 0.2) is 24.3 Å². The fraction of sp³-hybridized carbons (Fsp3) is 0.667. The molecule has 0 bridgehead atoms. The van der Waals surface area contributed by atoms with Gasteiger partial charge in [0.05, 0.1) is 6.10 Å². The first kappa shape index (κ1) is 16.3. The van der Waals surface area contributed by atoms with Gasteiger partial charge < -0.3 is 10.5 Å². The minimum absolute atomic E-state index is 0.0766. The van der Waals surface area contributed by atoms with E-state index in [0.29, 0.717) is 12.1 Å². The zero-order chi connectivity index (χ0) is 15.4. The number of rotatable bonds is 6. The molecule has 1 aromatic rings. The summed E-state index contributed by atoms with van der Waals surface area (Å²) in [7, 11) is 0. The molecule has 1 aliphatic heterocycles. The van der Waals surface area contributed by atoms with Crippen LogP contribution in [0, 0.1) is 0 Å². The van der Waals surface area contributed by atoms with E-state index in [1.165, 1.54) is 24.8 Å². The molecule has 21 heavy (non-hydrogen) atoms. The van der Waals surface area contributed by atoms with Crippen molar-refractivity contribution in [2.24, 2.45) is 5.73 Å². The van der Waals surface area contributed by atoms with Gasteiger partial charge in [0, 0.05) is 24.7 Å². The van der Waals surface area contributed by atoms with E-state index in [4.69, 9.17) is 10.5 Å². The Bertz CT molecular complexity index is 429. The zero-order valence-electron chi connectivity index (χ0n) is 13.9. The first-order chi connectivity index (χ1) is 10.0. The van der Waals surface area contributed by atoms with Crippen molar-refractivity contribution in [2.45, 2.75) is 71.2 Å². The summed E-state index contributed by atoms with van der Waals surface area (Å²) in [5, 5.41) is 0. The highest BCUT2D eigenvalue weighted by Crippen LogP contribution is 2.28. The van der Waals surface area contributed by atoms with Crippen LogP contribution in [-0.4, -0.2) is 29.6 Å². The summed E-state index contributed by atoms with van der Waals surface area (Å²) in [6.45, 7) is 9.63. The normalized spacial score (nSPS) is 24.5. The summed E-state index contributed by atoms with van der Waals surface area (Å²) < 4.78 is 5.68. The van der Waals surface area contributed by atoms with Crippen LogP contribution < -0.4 is 10.5 Å². The monoisotopic (exact) mass is 290 g/mol. The van der Waals surface area contributed by atoms with Gasteiger partial charge in [0.15, 0.2) is 0 Å². The van der Waals surface area contributed by atoms with Gasteiger partial charge in [-0.2, -0.15) is 0 Å². The maximum Gasteiger partial charge on any atom is 0.119 e. The molecule has 2 rings (SSSR count). The standard InChI is InChI=1S/C18H30N2O/c1-5-16-9-6-14(4)20(16)12-18(19)15-7-10-17(11-8-15)21-13(2)3/h7-8,10-11,13-14,16,18H,5-6,9,12,19H2,1-4H3. The lowest BCUT2D eigenvalue weighted by Crippen LogP contribution is -2.39. The minimum atomic E-state index is 0.0766. The molecule has 3 atom stereocenters. The van der Waals surface area contributed by atoms with Gasteiger partial charge in [0.2, 0.25) is 0 Å². The van der Waals surface area contributed by atoms with Crippen LogP contribution >= 0.6 is 0 Å². The second kappa shape index (κ2) is 7.28. The van der Waals surface area contributed by atoms with E-state index in [-0.39, 0.29) is 12.1 Å². The Morgan fingerprint density at radius 1 is 1.24 bits per heavy atom. The van der Waals surface area contributed by atoms with Gasteiger partial charge >= 0.3 is 0 Å². The van der Waals surface area contributed by atoms with Gasteiger partial charge in [0.1, 0.15) is 5.75 Å². The molecule has 2 N–H and O–H groups in total. The van der Waals surface area contributed by atoms with Crippen molar-refractivity contribution in [2.75, 3.05) is 6.54 Å². The fourth-order valence-electron chi connectivity index (χ4n) is 3.29. The van der Waals surface area contributed by atoms with Crippen molar-refractivity contribution in [3.63, 3.8) is 0 Å². The molecule has 1 aliphatic rings. The maximum atomic E-state index is 6.42. The van der Waals surface area contributed by atoms with E-state index in [2.05, 4.69) is 30.9 Å². The van der Waals surface area contributed by atoms with E-state index in [9.17, 15) is 0 Å². The summed E-state index contributed by atoms with van der Waals surface area (Å²) >= 11 is 0. The Morgan fingerprint density at radius 3 is 2.48 bits per heavy atom. The van der Waals surface area contributed by atoms with Crippen LogP contribution in [0.5, 0.6) is 5.75 Å². The number of benzene rings is 1. The number of ether oxygens (including phenoxy) is 1. The third kappa shape index (κ3) is 4.21. The highest BCUT2D eigenvalue weighted by Gasteiger charge is 2.30.